The van der Waals surface area contributed by atoms with Gasteiger partial charge in [-0.15, -0.1) is 0 Å². The quantitative estimate of drug-likeness (QED) is 0.805. The molecular formula is C15H22FNO3. The number of aliphatic hydroxyl groups excluding tert-OH is 1. The number of rotatable bonds is 7. The Labute approximate surface area is 119 Å². The minimum atomic E-state index is -0.480. The Morgan fingerprint density at radius 1 is 1.50 bits per heavy atom. The third-order valence-electron chi connectivity index (χ3n) is 3.47. The van der Waals surface area contributed by atoms with Crippen LogP contribution in [0.1, 0.15) is 32.3 Å². The summed E-state index contributed by atoms with van der Waals surface area (Å²) < 4.78 is 18.4. The van der Waals surface area contributed by atoms with Crippen LogP contribution in [0.2, 0.25) is 0 Å². The molecule has 0 spiro atoms. The zero-order valence-electron chi connectivity index (χ0n) is 12.2. The van der Waals surface area contributed by atoms with Gasteiger partial charge in [0, 0.05) is 12.1 Å². The van der Waals surface area contributed by atoms with Gasteiger partial charge in [0.1, 0.15) is 0 Å². The fourth-order valence-electron chi connectivity index (χ4n) is 1.96. The molecule has 1 rings (SSSR count). The number of benzene rings is 1. The largest absolute Gasteiger partial charge is 0.494 e. The van der Waals surface area contributed by atoms with E-state index in [1.807, 2.05) is 13.8 Å². The summed E-state index contributed by atoms with van der Waals surface area (Å²) in [6.07, 6.45) is 1.31. The second-order valence-corrected chi connectivity index (χ2v) is 5.08. The molecular weight excluding hydrogens is 261 g/mol. The lowest BCUT2D eigenvalue weighted by atomic mass is 9.94. The van der Waals surface area contributed by atoms with Gasteiger partial charge in [0.05, 0.1) is 13.5 Å². The van der Waals surface area contributed by atoms with Gasteiger partial charge in [-0.2, -0.15) is 0 Å². The maximum atomic E-state index is 13.5. The molecule has 2 N–H and O–H groups in total. The molecule has 5 heteroatoms. The van der Waals surface area contributed by atoms with Gasteiger partial charge in [0.25, 0.3) is 0 Å². The Morgan fingerprint density at radius 2 is 2.20 bits per heavy atom. The van der Waals surface area contributed by atoms with Crippen LogP contribution in [0.15, 0.2) is 18.2 Å². The topological polar surface area (TPSA) is 58.6 Å². The van der Waals surface area contributed by atoms with Crippen molar-refractivity contribution in [2.45, 2.75) is 38.6 Å². The number of carbonyl (C=O) groups excluding carboxylic acids is 1. The van der Waals surface area contributed by atoms with Gasteiger partial charge in [0.15, 0.2) is 11.6 Å². The first-order chi connectivity index (χ1) is 9.44. The van der Waals surface area contributed by atoms with Gasteiger partial charge in [-0.1, -0.05) is 13.0 Å². The smallest absolute Gasteiger partial charge is 0.224 e. The number of ether oxygens (including phenoxy) is 1. The Balaban J connectivity index is 2.68. The lowest BCUT2D eigenvalue weighted by Crippen LogP contribution is -2.46. The van der Waals surface area contributed by atoms with E-state index in [-0.39, 0.29) is 24.7 Å². The summed E-state index contributed by atoms with van der Waals surface area (Å²) in [5.74, 6) is -0.508. The molecule has 0 aliphatic rings. The molecule has 1 amide bonds. The van der Waals surface area contributed by atoms with E-state index >= 15 is 0 Å². The number of hydrogen-bond acceptors (Lipinski definition) is 3. The third-order valence-corrected chi connectivity index (χ3v) is 3.47. The van der Waals surface area contributed by atoms with Crippen LogP contribution in [0.25, 0.3) is 0 Å². The molecule has 0 aliphatic carbocycles. The van der Waals surface area contributed by atoms with Crippen molar-refractivity contribution in [1.29, 1.82) is 0 Å². The van der Waals surface area contributed by atoms with E-state index in [2.05, 4.69) is 5.32 Å². The molecule has 1 unspecified atom stereocenters. The predicted octanol–water partition coefficient (Wildman–Crippen LogP) is 2.04. The molecule has 0 aromatic heterocycles. The lowest BCUT2D eigenvalue weighted by Gasteiger charge is -2.29. The SMILES string of the molecule is CCC(C)(CCO)NC(=O)Cc1ccc(OC)c(F)c1. The Bertz CT molecular complexity index is 464. The fourth-order valence-corrected chi connectivity index (χ4v) is 1.96. The average molecular weight is 283 g/mol. The van der Waals surface area contributed by atoms with Crippen molar-refractivity contribution >= 4 is 5.91 Å². The minimum absolute atomic E-state index is 0.0157. The number of aliphatic hydroxyl groups is 1. The first kappa shape index (κ1) is 16.4. The van der Waals surface area contributed by atoms with Gasteiger partial charge < -0.3 is 15.2 Å². The second kappa shape index (κ2) is 7.24. The van der Waals surface area contributed by atoms with Gasteiger partial charge in [-0.25, -0.2) is 4.39 Å². The maximum absolute atomic E-state index is 13.5. The molecule has 4 nitrogen and oxygen atoms in total. The van der Waals surface area contributed by atoms with Crippen LogP contribution in [0, 0.1) is 5.82 Å². The number of methoxy groups -OCH3 is 1. The van der Waals surface area contributed by atoms with Crippen LogP contribution in [0.3, 0.4) is 0 Å². The fraction of sp³-hybridized carbons (Fsp3) is 0.533. The summed E-state index contributed by atoms with van der Waals surface area (Å²) in [5.41, 5.74) is 0.153. The first-order valence-electron chi connectivity index (χ1n) is 6.68. The number of halogens is 1. The van der Waals surface area contributed by atoms with Gasteiger partial charge in [-0.05, 0) is 37.5 Å². The normalized spacial score (nSPS) is 13.7. The van der Waals surface area contributed by atoms with E-state index in [9.17, 15) is 9.18 Å². The van der Waals surface area contributed by atoms with Crippen molar-refractivity contribution in [3.63, 3.8) is 0 Å². The molecule has 1 atom stereocenters. The molecule has 0 saturated carbocycles. The van der Waals surface area contributed by atoms with Crippen molar-refractivity contribution in [2.75, 3.05) is 13.7 Å². The van der Waals surface area contributed by atoms with Gasteiger partial charge >= 0.3 is 0 Å². The van der Waals surface area contributed by atoms with Crippen LogP contribution in [-0.4, -0.2) is 30.3 Å². The summed E-state index contributed by atoms with van der Waals surface area (Å²) in [7, 11) is 1.40. The maximum Gasteiger partial charge on any atom is 0.224 e. The molecule has 0 aliphatic heterocycles. The molecule has 1 aromatic rings. The summed E-state index contributed by atoms with van der Waals surface area (Å²) in [5, 5.41) is 11.9. The first-order valence-corrected chi connectivity index (χ1v) is 6.68. The lowest BCUT2D eigenvalue weighted by molar-refractivity contribution is -0.122. The molecule has 0 fully saturated rings. The van der Waals surface area contributed by atoms with Crippen LogP contribution in [0.5, 0.6) is 5.75 Å². The minimum Gasteiger partial charge on any atom is -0.494 e. The molecule has 0 bridgehead atoms. The van der Waals surface area contributed by atoms with Crippen LogP contribution in [-0.2, 0) is 11.2 Å². The van der Waals surface area contributed by atoms with Gasteiger partial charge in [-0.3, -0.25) is 4.79 Å². The van der Waals surface area contributed by atoms with E-state index in [1.54, 1.807) is 6.07 Å². The van der Waals surface area contributed by atoms with Crippen LogP contribution in [0.4, 0.5) is 4.39 Å². The number of amides is 1. The van der Waals surface area contributed by atoms with E-state index in [0.717, 1.165) is 6.42 Å². The van der Waals surface area contributed by atoms with Crippen molar-refractivity contribution < 1.29 is 19.0 Å². The zero-order chi connectivity index (χ0) is 15.2. The number of nitrogens with one attached hydrogen (secondary N) is 1. The van der Waals surface area contributed by atoms with E-state index in [4.69, 9.17) is 9.84 Å². The van der Waals surface area contributed by atoms with E-state index in [1.165, 1.54) is 19.2 Å². The molecule has 0 radical (unpaired) electrons. The van der Waals surface area contributed by atoms with Crippen molar-refractivity contribution in [3.8, 4) is 5.75 Å². The number of hydrogen-bond donors (Lipinski definition) is 2. The number of carbonyl (C=O) groups is 1. The molecule has 0 heterocycles. The standard InChI is InChI=1S/C15H22FNO3/c1-4-15(2,7-8-18)17-14(19)10-11-5-6-13(20-3)12(16)9-11/h5-6,9,18H,4,7-8,10H2,1-3H3,(H,17,19). The summed E-state index contributed by atoms with van der Waals surface area (Å²) in [6.45, 7) is 3.85. The third kappa shape index (κ3) is 4.49. The summed E-state index contributed by atoms with van der Waals surface area (Å²) in [4.78, 5) is 12.0. The second-order valence-electron chi connectivity index (χ2n) is 5.08. The highest BCUT2D eigenvalue weighted by Gasteiger charge is 2.23. The molecule has 1 aromatic carbocycles. The Hall–Kier alpha value is -1.62. The van der Waals surface area contributed by atoms with Gasteiger partial charge in [0.2, 0.25) is 5.91 Å². The Morgan fingerprint density at radius 3 is 2.70 bits per heavy atom. The highest BCUT2D eigenvalue weighted by atomic mass is 19.1. The zero-order valence-corrected chi connectivity index (χ0v) is 12.2. The monoisotopic (exact) mass is 283 g/mol. The average Bonchev–Trinajstić information content (AvgIpc) is 2.39. The van der Waals surface area contributed by atoms with Crippen molar-refractivity contribution in [2.24, 2.45) is 0 Å². The Kier molecular flexibility index (Phi) is 5.95. The van der Waals surface area contributed by atoms with Crippen molar-refractivity contribution in [3.05, 3.63) is 29.6 Å². The molecule has 0 saturated heterocycles. The van der Waals surface area contributed by atoms with Crippen LogP contribution >= 0.6 is 0 Å². The van der Waals surface area contributed by atoms with Crippen LogP contribution < -0.4 is 10.1 Å². The predicted molar refractivity (Wildman–Crippen MR) is 75.2 cm³/mol. The van der Waals surface area contributed by atoms with E-state index < -0.39 is 11.4 Å². The summed E-state index contributed by atoms with van der Waals surface area (Å²) >= 11 is 0. The highest BCUT2D eigenvalue weighted by Crippen LogP contribution is 2.19. The molecule has 112 valence electrons. The molecule has 20 heavy (non-hydrogen) atoms. The van der Waals surface area contributed by atoms with E-state index in [0.29, 0.717) is 12.0 Å². The van der Waals surface area contributed by atoms with Crippen molar-refractivity contribution in [1.82, 2.24) is 5.32 Å². The highest BCUT2D eigenvalue weighted by molar-refractivity contribution is 5.79. The summed E-state index contributed by atoms with van der Waals surface area (Å²) in [6, 6.07) is 4.47.